The summed E-state index contributed by atoms with van der Waals surface area (Å²) in [4.78, 5) is 17.2. The van der Waals surface area contributed by atoms with E-state index < -0.39 is 52.6 Å². The van der Waals surface area contributed by atoms with Crippen LogP contribution in [-0.4, -0.2) is 23.2 Å². The van der Waals surface area contributed by atoms with Gasteiger partial charge >= 0.3 is 0 Å². The average molecular weight is 498 g/mol. The van der Waals surface area contributed by atoms with E-state index in [1.165, 1.54) is 26.0 Å². The van der Waals surface area contributed by atoms with Gasteiger partial charge in [-0.15, -0.1) is 0 Å². The van der Waals surface area contributed by atoms with Gasteiger partial charge in [0.25, 0.3) is 5.91 Å². The summed E-state index contributed by atoms with van der Waals surface area (Å²) in [6, 6.07) is 4.34. The van der Waals surface area contributed by atoms with Crippen LogP contribution in [-0.2, 0) is 4.84 Å². The first-order valence-corrected chi connectivity index (χ1v) is 8.62. The number of hydrogen-bond donors (Lipinski definition) is 3. The minimum Gasteiger partial charge on any atom is -0.393 e. The minimum absolute atomic E-state index is 0.244. The van der Waals surface area contributed by atoms with Gasteiger partial charge in [0, 0.05) is 3.57 Å². The molecule has 0 aliphatic rings. The Balaban J connectivity index is 2.43. The first-order chi connectivity index (χ1) is 12.6. The molecule has 0 aliphatic carbocycles. The molecule has 2 aromatic rings. The predicted octanol–water partition coefficient (Wildman–Crippen LogP) is 4.02. The second-order valence-electron chi connectivity index (χ2n) is 6.11. The van der Waals surface area contributed by atoms with Crippen LogP contribution < -0.4 is 10.8 Å². The number of carbonyl (C=O) groups is 1. The van der Waals surface area contributed by atoms with Crippen molar-refractivity contribution in [3.63, 3.8) is 0 Å². The predicted molar refractivity (Wildman–Crippen MR) is 98.4 cm³/mol. The van der Waals surface area contributed by atoms with Crippen LogP contribution in [0.25, 0.3) is 0 Å². The lowest BCUT2D eigenvalue weighted by molar-refractivity contribution is -0.0956. The zero-order valence-corrected chi connectivity index (χ0v) is 16.3. The highest BCUT2D eigenvalue weighted by Crippen LogP contribution is 2.30. The van der Waals surface area contributed by atoms with Crippen LogP contribution in [0, 0.1) is 26.8 Å². The molecule has 1 amide bonds. The van der Waals surface area contributed by atoms with Crippen molar-refractivity contribution in [3.05, 3.63) is 56.7 Å². The van der Waals surface area contributed by atoms with Gasteiger partial charge in [0.2, 0.25) is 0 Å². The molecule has 3 N–H and O–H groups in total. The second-order valence-corrected chi connectivity index (χ2v) is 7.35. The van der Waals surface area contributed by atoms with Crippen LogP contribution in [0.5, 0.6) is 0 Å². The summed E-state index contributed by atoms with van der Waals surface area (Å²) in [5.41, 5.74) is -0.919. The van der Waals surface area contributed by atoms with Crippen molar-refractivity contribution < 1.29 is 32.3 Å². The zero-order chi connectivity index (χ0) is 20.4. The summed E-state index contributed by atoms with van der Waals surface area (Å²) < 4.78 is 56.1. The summed E-state index contributed by atoms with van der Waals surface area (Å²) >= 11 is 1.86. The smallest absolute Gasteiger partial charge is 0.277 e. The number of aliphatic hydroxyl groups is 1. The Morgan fingerprint density at radius 1 is 1.15 bits per heavy atom. The van der Waals surface area contributed by atoms with Crippen LogP contribution in [0.4, 0.5) is 28.9 Å². The van der Waals surface area contributed by atoms with Gasteiger partial charge in [-0.1, -0.05) is 0 Å². The van der Waals surface area contributed by atoms with Gasteiger partial charge < -0.3 is 10.4 Å². The summed E-state index contributed by atoms with van der Waals surface area (Å²) in [6.45, 7) is 2.43. The molecule has 27 heavy (non-hydrogen) atoms. The van der Waals surface area contributed by atoms with Crippen molar-refractivity contribution in [1.29, 1.82) is 0 Å². The quantitative estimate of drug-likeness (QED) is 0.244. The Labute approximate surface area is 165 Å². The fourth-order valence-corrected chi connectivity index (χ4v) is 2.35. The first-order valence-electron chi connectivity index (χ1n) is 7.54. The van der Waals surface area contributed by atoms with E-state index in [4.69, 9.17) is 9.94 Å². The Morgan fingerprint density at radius 3 is 2.41 bits per heavy atom. The fraction of sp³-hybridized carbons (Fsp3) is 0.235. The summed E-state index contributed by atoms with van der Waals surface area (Å²) in [7, 11) is 0. The lowest BCUT2D eigenvalue weighted by atomic mass is 10.1. The van der Waals surface area contributed by atoms with Gasteiger partial charge in [-0.05, 0) is 60.7 Å². The Morgan fingerprint density at radius 2 is 1.81 bits per heavy atom. The molecule has 0 aliphatic heterocycles. The fourth-order valence-electron chi connectivity index (χ4n) is 1.89. The van der Waals surface area contributed by atoms with E-state index in [0.717, 1.165) is 6.07 Å². The number of hydroxylamine groups is 1. The van der Waals surface area contributed by atoms with E-state index >= 15 is 0 Å². The molecule has 0 bridgehead atoms. The lowest BCUT2D eigenvalue weighted by Crippen LogP contribution is -2.38. The highest BCUT2D eigenvalue weighted by molar-refractivity contribution is 14.1. The molecule has 0 heterocycles. The first kappa shape index (κ1) is 21.4. The number of carbonyl (C=O) groups excluding carboxylic acids is 1. The number of anilines is 2. The molecule has 0 spiro atoms. The largest absolute Gasteiger partial charge is 0.393 e. The van der Waals surface area contributed by atoms with E-state index in [1.54, 1.807) is 0 Å². The number of halogens is 5. The topological polar surface area (TPSA) is 70.6 Å². The highest BCUT2D eigenvalue weighted by atomic mass is 127. The summed E-state index contributed by atoms with van der Waals surface area (Å²) in [5, 5.41) is 11.4. The van der Waals surface area contributed by atoms with Crippen LogP contribution in [0.15, 0.2) is 24.3 Å². The van der Waals surface area contributed by atoms with E-state index in [1.807, 2.05) is 28.1 Å². The van der Waals surface area contributed by atoms with Crippen LogP contribution >= 0.6 is 22.6 Å². The van der Waals surface area contributed by atoms with Gasteiger partial charge in [-0.3, -0.25) is 9.63 Å². The molecular formula is C17H15F4IN2O3. The van der Waals surface area contributed by atoms with Gasteiger partial charge in [-0.25, -0.2) is 23.0 Å². The molecule has 0 atom stereocenters. The third kappa shape index (κ3) is 5.08. The molecule has 0 aromatic heterocycles. The molecule has 10 heteroatoms. The zero-order valence-electron chi connectivity index (χ0n) is 14.2. The van der Waals surface area contributed by atoms with Crippen molar-refractivity contribution in [3.8, 4) is 0 Å². The normalized spacial score (nSPS) is 11.4. The number of aliphatic hydroxyl groups excluding tert-OH is 1. The van der Waals surface area contributed by atoms with Crippen LogP contribution in [0.1, 0.15) is 24.2 Å². The lowest BCUT2D eigenvalue weighted by Gasteiger charge is -2.22. The van der Waals surface area contributed by atoms with E-state index in [0.29, 0.717) is 9.64 Å². The van der Waals surface area contributed by atoms with Gasteiger partial charge in [0.05, 0.1) is 23.5 Å². The van der Waals surface area contributed by atoms with Crippen LogP contribution in [0.2, 0.25) is 0 Å². The van der Waals surface area contributed by atoms with Crippen molar-refractivity contribution in [2.45, 2.75) is 19.4 Å². The molecule has 0 saturated heterocycles. The molecular weight excluding hydrogens is 483 g/mol. The maximum Gasteiger partial charge on any atom is 0.277 e. The third-order valence-electron chi connectivity index (χ3n) is 3.40. The molecule has 0 fully saturated rings. The maximum absolute atomic E-state index is 14.3. The Bertz CT molecular complexity index is 878. The highest BCUT2D eigenvalue weighted by Gasteiger charge is 2.26. The maximum atomic E-state index is 14.3. The number of rotatable bonds is 6. The average Bonchev–Trinajstić information content (AvgIpc) is 2.61. The van der Waals surface area contributed by atoms with Crippen molar-refractivity contribution in [2.75, 3.05) is 11.9 Å². The van der Waals surface area contributed by atoms with Crippen molar-refractivity contribution >= 4 is 39.9 Å². The van der Waals surface area contributed by atoms with E-state index in [2.05, 4.69) is 5.32 Å². The molecule has 0 saturated carbocycles. The Hall–Kier alpha value is -1.92. The van der Waals surface area contributed by atoms with Crippen molar-refractivity contribution in [2.24, 2.45) is 0 Å². The van der Waals surface area contributed by atoms with Gasteiger partial charge in [0.1, 0.15) is 11.4 Å². The minimum atomic E-state index is -1.82. The monoisotopic (exact) mass is 498 g/mol. The Kier molecular flexibility index (Phi) is 6.65. The van der Waals surface area contributed by atoms with E-state index in [-0.39, 0.29) is 5.69 Å². The molecule has 5 nitrogen and oxygen atoms in total. The SMILES string of the molecule is CC(C)(CO)ONC(=O)c1cc(F)c(F)c(F)c1Nc1ccc(I)cc1F. The van der Waals surface area contributed by atoms with Gasteiger partial charge in [-0.2, -0.15) is 0 Å². The molecule has 146 valence electrons. The van der Waals surface area contributed by atoms with Crippen LogP contribution in [0.3, 0.4) is 0 Å². The summed E-state index contributed by atoms with van der Waals surface area (Å²) in [5.74, 6) is -7.03. The van der Waals surface area contributed by atoms with E-state index in [9.17, 15) is 22.4 Å². The number of hydrogen-bond acceptors (Lipinski definition) is 4. The van der Waals surface area contributed by atoms with Gasteiger partial charge in [0.15, 0.2) is 17.5 Å². The van der Waals surface area contributed by atoms with Crippen molar-refractivity contribution in [1.82, 2.24) is 5.48 Å². The number of benzene rings is 2. The molecule has 0 unspecified atom stereocenters. The molecule has 0 radical (unpaired) electrons. The third-order valence-corrected chi connectivity index (χ3v) is 4.07. The molecule has 2 rings (SSSR count). The number of nitrogens with one attached hydrogen (secondary N) is 2. The number of amides is 1. The second kappa shape index (κ2) is 8.40. The molecule has 2 aromatic carbocycles. The standard InChI is InChI=1S/C17H15F4IN2O3/c1-17(2,7-25)27-24-16(26)9-6-11(19)13(20)14(21)15(9)23-12-4-3-8(22)5-10(12)18/h3-6,23,25H,7H2,1-2H3,(H,24,26). The summed E-state index contributed by atoms with van der Waals surface area (Å²) in [6.07, 6.45) is 0.